The maximum absolute atomic E-state index is 13.4. The second kappa shape index (κ2) is 8.86. The van der Waals surface area contributed by atoms with E-state index in [-0.39, 0.29) is 12.4 Å². The van der Waals surface area contributed by atoms with Crippen molar-refractivity contribution < 1.29 is 13.9 Å². The first-order valence-electron chi connectivity index (χ1n) is 11.7. The van der Waals surface area contributed by atoms with Crippen molar-refractivity contribution in [3.8, 4) is 33.9 Å². The van der Waals surface area contributed by atoms with E-state index in [9.17, 15) is 4.79 Å². The summed E-state index contributed by atoms with van der Waals surface area (Å²) in [6.45, 7) is 0.181. The highest BCUT2D eigenvalue weighted by Crippen LogP contribution is 2.37. The van der Waals surface area contributed by atoms with Crippen molar-refractivity contribution in [2.24, 2.45) is 5.10 Å². The lowest BCUT2D eigenvalue weighted by Crippen LogP contribution is -2.16. The van der Waals surface area contributed by atoms with Gasteiger partial charge in [0, 0.05) is 10.6 Å². The van der Waals surface area contributed by atoms with Gasteiger partial charge in [-0.05, 0) is 53.1 Å². The Morgan fingerprint density at radius 1 is 0.921 bits per heavy atom. The fourth-order valence-electron chi connectivity index (χ4n) is 4.44. The van der Waals surface area contributed by atoms with Gasteiger partial charge >= 0.3 is 5.56 Å². The average Bonchev–Trinajstić information content (AvgIpc) is 3.58. The van der Waals surface area contributed by atoms with Crippen molar-refractivity contribution in [3.05, 3.63) is 106 Å². The van der Waals surface area contributed by atoms with Gasteiger partial charge in [-0.1, -0.05) is 54.1 Å². The number of hydrogen-bond acceptors (Lipinski definition) is 7. The van der Waals surface area contributed by atoms with E-state index in [0.29, 0.717) is 38.8 Å². The molecule has 0 radical (unpaired) electrons. The molecule has 0 saturated carbocycles. The maximum Gasteiger partial charge on any atom is 0.317 e. The molecule has 38 heavy (non-hydrogen) atoms. The first-order valence-corrected chi connectivity index (χ1v) is 12.1. The summed E-state index contributed by atoms with van der Waals surface area (Å²) in [5.74, 6) is 1.30. The van der Waals surface area contributed by atoms with Gasteiger partial charge in [-0.3, -0.25) is 4.79 Å². The minimum Gasteiger partial charge on any atom is -0.454 e. The second-order valence-corrected chi connectivity index (χ2v) is 9.08. The van der Waals surface area contributed by atoms with Crippen molar-refractivity contribution in [2.45, 2.75) is 0 Å². The van der Waals surface area contributed by atoms with Crippen molar-refractivity contribution in [1.82, 2.24) is 14.6 Å². The van der Waals surface area contributed by atoms with Crippen LogP contribution in [0.3, 0.4) is 0 Å². The van der Waals surface area contributed by atoms with E-state index in [1.54, 1.807) is 18.3 Å². The highest BCUT2D eigenvalue weighted by Gasteiger charge is 2.20. The molecule has 8 nitrogen and oxygen atoms in total. The quantitative estimate of drug-likeness (QED) is 0.259. The van der Waals surface area contributed by atoms with Gasteiger partial charge in [0.15, 0.2) is 11.5 Å². The molecule has 4 heterocycles. The van der Waals surface area contributed by atoms with Crippen LogP contribution in [-0.2, 0) is 0 Å². The fourth-order valence-corrected chi connectivity index (χ4v) is 4.56. The third-order valence-electron chi connectivity index (χ3n) is 6.29. The molecule has 0 aliphatic carbocycles. The predicted molar refractivity (Wildman–Crippen MR) is 145 cm³/mol. The Morgan fingerprint density at radius 2 is 1.74 bits per heavy atom. The summed E-state index contributed by atoms with van der Waals surface area (Å²) >= 11 is 6.09. The van der Waals surface area contributed by atoms with Gasteiger partial charge in [-0.25, -0.2) is 9.97 Å². The number of hydrogen-bond donors (Lipinski definition) is 0. The van der Waals surface area contributed by atoms with Gasteiger partial charge in [0.05, 0.1) is 17.3 Å². The lowest BCUT2D eigenvalue weighted by atomic mass is 10.00. The number of nitrogens with zero attached hydrogens (tertiary/aromatic N) is 4. The van der Waals surface area contributed by atoms with Crippen molar-refractivity contribution in [1.29, 1.82) is 0 Å². The summed E-state index contributed by atoms with van der Waals surface area (Å²) in [6, 6.07) is 24.6. The van der Waals surface area contributed by atoms with Gasteiger partial charge in [-0.15, -0.1) is 0 Å². The van der Waals surface area contributed by atoms with Crippen LogP contribution in [0.5, 0.6) is 11.5 Å². The molecule has 0 amide bonds. The van der Waals surface area contributed by atoms with E-state index < -0.39 is 5.56 Å². The van der Waals surface area contributed by atoms with Crippen LogP contribution in [-0.4, -0.2) is 27.7 Å². The lowest BCUT2D eigenvalue weighted by Gasteiger charge is -2.07. The largest absolute Gasteiger partial charge is 0.454 e. The first-order chi connectivity index (χ1) is 18.6. The molecule has 0 N–H and O–H groups in total. The van der Waals surface area contributed by atoms with E-state index in [2.05, 4.69) is 10.1 Å². The molecule has 9 heteroatoms. The smallest absolute Gasteiger partial charge is 0.317 e. The molecule has 0 unspecified atom stereocenters. The van der Waals surface area contributed by atoms with Crippen LogP contribution < -0.4 is 15.0 Å². The molecule has 7 rings (SSSR count). The molecule has 0 atom stereocenters. The Balaban J connectivity index is 1.39. The van der Waals surface area contributed by atoms with Crippen LogP contribution in [0.15, 0.2) is 99.5 Å². The molecule has 1 aliphatic heterocycles. The molecule has 0 saturated heterocycles. The number of pyridine rings is 1. The van der Waals surface area contributed by atoms with Crippen LogP contribution in [0.25, 0.3) is 44.6 Å². The van der Waals surface area contributed by atoms with Gasteiger partial charge in [0.2, 0.25) is 18.1 Å². The van der Waals surface area contributed by atoms with E-state index in [0.717, 1.165) is 26.9 Å². The van der Waals surface area contributed by atoms with E-state index in [1.165, 1.54) is 6.33 Å². The number of ether oxygens (including phenoxy) is 2. The van der Waals surface area contributed by atoms with Gasteiger partial charge < -0.3 is 13.9 Å². The number of fused-ring (bicyclic) bond motifs is 4. The summed E-state index contributed by atoms with van der Waals surface area (Å²) < 4.78 is 17.9. The summed E-state index contributed by atoms with van der Waals surface area (Å²) in [6.07, 6.45) is 2.93. The molecular weight excluding hydrogens is 504 g/mol. The lowest BCUT2D eigenvalue weighted by molar-refractivity contribution is 0.174. The van der Waals surface area contributed by atoms with Crippen LogP contribution in [0.2, 0.25) is 5.02 Å². The minimum atomic E-state index is -0.447. The maximum atomic E-state index is 13.4. The topological polar surface area (TPSA) is 91.7 Å². The van der Waals surface area contributed by atoms with Gasteiger partial charge in [-0.2, -0.15) is 9.78 Å². The molecule has 3 aromatic heterocycles. The summed E-state index contributed by atoms with van der Waals surface area (Å²) in [5, 5.41) is 5.60. The Hall–Kier alpha value is -4.95. The molecule has 1 aliphatic rings. The number of aromatic nitrogens is 3. The van der Waals surface area contributed by atoms with Crippen molar-refractivity contribution in [3.63, 3.8) is 0 Å². The number of rotatable bonds is 4. The average molecular weight is 521 g/mol. The van der Waals surface area contributed by atoms with Gasteiger partial charge in [0.1, 0.15) is 11.8 Å². The molecule has 184 valence electrons. The molecule has 0 bridgehead atoms. The standard InChI is InChI=1S/C29H17ClN4O4/c30-20-9-7-19(8-10-20)22-13-21(18-4-2-1-3-5-18)25-26-27(38-28(25)33-22)29(35)34(15-31-26)32-14-17-6-11-23-24(12-17)37-16-36-23/h1-15H,16H2/b32-14-. The SMILES string of the molecule is O=c1c2oc3nc(-c4ccc(Cl)cc4)cc(-c4ccccc4)c3c2ncn1/N=C\c1ccc2c(c1)OCO2. The Bertz CT molecular complexity index is 1930. The normalized spacial score (nSPS) is 12.7. The third kappa shape index (κ3) is 3.79. The zero-order chi connectivity index (χ0) is 25.6. The molecule has 0 spiro atoms. The summed E-state index contributed by atoms with van der Waals surface area (Å²) in [7, 11) is 0. The number of halogens is 1. The Labute approximate surface area is 220 Å². The highest BCUT2D eigenvalue weighted by atomic mass is 35.5. The van der Waals surface area contributed by atoms with E-state index in [4.69, 9.17) is 30.5 Å². The monoisotopic (exact) mass is 520 g/mol. The molecule has 6 aromatic rings. The number of furan rings is 1. The molecular formula is C29H17ClN4O4. The van der Waals surface area contributed by atoms with Crippen LogP contribution >= 0.6 is 11.6 Å². The minimum absolute atomic E-state index is 0.0725. The fraction of sp³-hybridized carbons (Fsp3) is 0.0345. The van der Waals surface area contributed by atoms with Crippen LogP contribution in [0.1, 0.15) is 5.56 Å². The Morgan fingerprint density at radius 3 is 2.58 bits per heavy atom. The summed E-state index contributed by atoms with van der Waals surface area (Å²) in [5.41, 5.74) is 4.46. The molecule has 3 aromatic carbocycles. The zero-order valence-corrected chi connectivity index (χ0v) is 20.4. The molecule has 0 fully saturated rings. The van der Waals surface area contributed by atoms with Crippen LogP contribution in [0, 0.1) is 0 Å². The summed E-state index contributed by atoms with van der Waals surface area (Å²) in [4.78, 5) is 22.7. The third-order valence-corrected chi connectivity index (χ3v) is 6.54. The predicted octanol–water partition coefficient (Wildman–Crippen LogP) is 6.14. The van der Waals surface area contributed by atoms with E-state index >= 15 is 0 Å². The van der Waals surface area contributed by atoms with Gasteiger partial charge in [0.25, 0.3) is 0 Å². The Kier molecular flexibility index (Phi) is 5.19. The second-order valence-electron chi connectivity index (χ2n) is 8.64. The highest BCUT2D eigenvalue weighted by molar-refractivity contribution is 6.30. The van der Waals surface area contributed by atoms with Crippen LogP contribution in [0.4, 0.5) is 0 Å². The van der Waals surface area contributed by atoms with E-state index in [1.807, 2.05) is 66.7 Å². The zero-order valence-electron chi connectivity index (χ0n) is 19.7. The first kappa shape index (κ1) is 22.3. The van der Waals surface area contributed by atoms with Crippen molar-refractivity contribution in [2.75, 3.05) is 6.79 Å². The van der Waals surface area contributed by atoms with Crippen molar-refractivity contribution >= 4 is 40.0 Å². The number of benzene rings is 3.